The maximum atomic E-state index is 12.0. The Balaban J connectivity index is 1.92. The van der Waals surface area contributed by atoms with E-state index in [4.69, 9.17) is 9.84 Å². The fourth-order valence-electron chi connectivity index (χ4n) is 2.76. The SMILES string of the molecule is CC(C)(C)OC(=O)N1CC(CC(=O)O)(NC2CCSC2)C1. The van der Waals surface area contributed by atoms with Gasteiger partial charge < -0.3 is 20.1 Å². The summed E-state index contributed by atoms with van der Waals surface area (Å²) in [6.45, 7) is 6.26. The third kappa shape index (κ3) is 4.51. The van der Waals surface area contributed by atoms with Crippen molar-refractivity contribution in [1.29, 1.82) is 0 Å². The van der Waals surface area contributed by atoms with E-state index in [2.05, 4.69) is 5.32 Å². The first-order chi connectivity index (χ1) is 9.69. The van der Waals surface area contributed by atoms with Crippen LogP contribution in [0.3, 0.4) is 0 Å². The summed E-state index contributed by atoms with van der Waals surface area (Å²) in [6, 6.07) is 0.343. The molecular weight excluding hydrogens is 292 g/mol. The Labute approximate surface area is 129 Å². The molecule has 2 N–H and O–H groups in total. The van der Waals surface area contributed by atoms with E-state index in [1.807, 2.05) is 32.5 Å². The van der Waals surface area contributed by atoms with Crippen LogP contribution in [-0.4, -0.2) is 63.8 Å². The van der Waals surface area contributed by atoms with Crippen molar-refractivity contribution >= 4 is 23.8 Å². The number of carbonyl (C=O) groups is 2. The zero-order valence-electron chi connectivity index (χ0n) is 12.8. The maximum absolute atomic E-state index is 12.0. The van der Waals surface area contributed by atoms with Crippen LogP contribution in [0.5, 0.6) is 0 Å². The zero-order chi connectivity index (χ0) is 15.7. The molecule has 2 fully saturated rings. The number of carboxylic acids is 1. The van der Waals surface area contributed by atoms with Crippen molar-refractivity contribution in [3.8, 4) is 0 Å². The van der Waals surface area contributed by atoms with Gasteiger partial charge in [-0.15, -0.1) is 0 Å². The molecule has 21 heavy (non-hydrogen) atoms. The quantitative estimate of drug-likeness (QED) is 0.819. The molecule has 6 nitrogen and oxygen atoms in total. The van der Waals surface area contributed by atoms with Crippen molar-refractivity contribution < 1.29 is 19.4 Å². The Kier molecular flexibility index (Phi) is 4.72. The number of nitrogens with one attached hydrogen (secondary N) is 1. The van der Waals surface area contributed by atoms with Gasteiger partial charge in [0.25, 0.3) is 0 Å². The minimum absolute atomic E-state index is 0.0352. The van der Waals surface area contributed by atoms with E-state index in [-0.39, 0.29) is 12.5 Å². The largest absolute Gasteiger partial charge is 0.481 e. The van der Waals surface area contributed by atoms with Gasteiger partial charge in [-0.2, -0.15) is 11.8 Å². The summed E-state index contributed by atoms with van der Waals surface area (Å²) in [4.78, 5) is 24.7. The summed E-state index contributed by atoms with van der Waals surface area (Å²) < 4.78 is 5.32. The molecular formula is C14H24N2O4S. The number of amides is 1. The lowest BCUT2D eigenvalue weighted by atomic mass is 9.85. The Morgan fingerprint density at radius 2 is 2.10 bits per heavy atom. The molecule has 2 rings (SSSR count). The number of carboxylic acid groups (broad SMARTS) is 1. The third-order valence-corrected chi connectivity index (χ3v) is 4.73. The van der Waals surface area contributed by atoms with Crippen molar-refractivity contribution in [2.75, 3.05) is 24.6 Å². The Morgan fingerprint density at radius 1 is 1.43 bits per heavy atom. The normalized spacial score (nSPS) is 24.5. The highest BCUT2D eigenvalue weighted by Gasteiger charge is 2.49. The second kappa shape index (κ2) is 6.04. The van der Waals surface area contributed by atoms with E-state index >= 15 is 0 Å². The van der Waals surface area contributed by atoms with Gasteiger partial charge in [-0.1, -0.05) is 0 Å². The fourth-order valence-corrected chi connectivity index (χ4v) is 3.92. The first-order valence-electron chi connectivity index (χ1n) is 7.24. The molecule has 0 radical (unpaired) electrons. The van der Waals surface area contributed by atoms with Gasteiger partial charge in [0.05, 0.1) is 12.0 Å². The molecule has 7 heteroatoms. The molecule has 0 spiro atoms. The molecule has 0 aromatic carbocycles. The average molecular weight is 316 g/mol. The van der Waals surface area contributed by atoms with Gasteiger partial charge in [-0.25, -0.2) is 4.79 Å². The zero-order valence-corrected chi connectivity index (χ0v) is 13.7. The number of carbonyl (C=O) groups excluding carboxylic acids is 1. The van der Waals surface area contributed by atoms with Crippen LogP contribution in [0.1, 0.15) is 33.6 Å². The van der Waals surface area contributed by atoms with Crippen LogP contribution in [0, 0.1) is 0 Å². The first kappa shape index (κ1) is 16.4. The van der Waals surface area contributed by atoms with Crippen molar-refractivity contribution in [2.45, 2.75) is 50.8 Å². The molecule has 0 aliphatic carbocycles. The van der Waals surface area contributed by atoms with Crippen LogP contribution in [0.2, 0.25) is 0 Å². The molecule has 1 amide bonds. The molecule has 1 unspecified atom stereocenters. The summed E-state index contributed by atoms with van der Waals surface area (Å²) in [5, 5.41) is 12.6. The highest BCUT2D eigenvalue weighted by atomic mass is 32.2. The topological polar surface area (TPSA) is 78.9 Å². The van der Waals surface area contributed by atoms with Crippen molar-refractivity contribution in [3.05, 3.63) is 0 Å². The molecule has 120 valence electrons. The standard InChI is InChI=1S/C14H24N2O4S/c1-13(2,3)20-12(19)16-8-14(9-16,6-11(17)18)15-10-4-5-21-7-10/h10,15H,4-9H2,1-3H3,(H,17,18). The highest BCUT2D eigenvalue weighted by molar-refractivity contribution is 7.99. The van der Waals surface area contributed by atoms with Gasteiger partial charge in [0.15, 0.2) is 0 Å². The van der Waals surface area contributed by atoms with Crippen molar-refractivity contribution in [3.63, 3.8) is 0 Å². The molecule has 2 heterocycles. The van der Waals surface area contributed by atoms with Gasteiger partial charge in [0.2, 0.25) is 0 Å². The predicted octanol–water partition coefficient (Wildman–Crippen LogP) is 1.55. The lowest BCUT2D eigenvalue weighted by molar-refractivity contribution is -0.141. The maximum Gasteiger partial charge on any atom is 0.410 e. The summed E-state index contributed by atoms with van der Waals surface area (Å²) >= 11 is 1.88. The van der Waals surface area contributed by atoms with E-state index in [9.17, 15) is 9.59 Å². The molecule has 0 bridgehead atoms. The summed E-state index contributed by atoms with van der Waals surface area (Å²) in [5.41, 5.74) is -1.03. The minimum Gasteiger partial charge on any atom is -0.481 e. The highest BCUT2D eigenvalue weighted by Crippen LogP contribution is 2.29. The van der Waals surface area contributed by atoms with Gasteiger partial charge >= 0.3 is 12.1 Å². The molecule has 2 aliphatic heterocycles. The van der Waals surface area contributed by atoms with Gasteiger partial charge in [-0.3, -0.25) is 4.79 Å². The molecule has 2 saturated heterocycles. The Bertz CT molecular complexity index is 410. The Morgan fingerprint density at radius 3 is 2.57 bits per heavy atom. The van der Waals surface area contributed by atoms with E-state index in [1.54, 1.807) is 4.90 Å². The van der Waals surface area contributed by atoms with Gasteiger partial charge in [0, 0.05) is 24.9 Å². The Hall–Kier alpha value is -0.950. The van der Waals surface area contributed by atoms with E-state index in [0.29, 0.717) is 19.1 Å². The monoisotopic (exact) mass is 316 g/mol. The lowest BCUT2D eigenvalue weighted by Crippen LogP contribution is -2.72. The molecule has 0 saturated carbocycles. The summed E-state index contributed by atoms with van der Waals surface area (Å²) in [6.07, 6.45) is 0.720. The van der Waals surface area contributed by atoms with Crippen LogP contribution in [-0.2, 0) is 9.53 Å². The number of rotatable bonds is 4. The molecule has 0 aromatic heterocycles. The third-order valence-electron chi connectivity index (χ3n) is 3.57. The number of ether oxygens (including phenoxy) is 1. The smallest absolute Gasteiger partial charge is 0.410 e. The number of thioether (sulfide) groups is 1. The second-order valence-electron chi connectivity index (χ2n) is 6.89. The lowest BCUT2D eigenvalue weighted by Gasteiger charge is -2.50. The van der Waals surface area contributed by atoms with Crippen LogP contribution in [0.15, 0.2) is 0 Å². The van der Waals surface area contributed by atoms with E-state index in [1.165, 1.54) is 0 Å². The number of aliphatic carboxylic acids is 1. The molecule has 1 atom stereocenters. The number of nitrogens with zero attached hydrogens (tertiary/aromatic N) is 1. The van der Waals surface area contributed by atoms with Crippen molar-refractivity contribution in [1.82, 2.24) is 10.2 Å². The molecule has 0 aromatic rings. The van der Waals surface area contributed by atoms with Crippen LogP contribution in [0.4, 0.5) is 4.79 Å². The number of likely N-dealkylation sites (tertiary alicyclic amines) is 1. The van der Waals surface area contributed by atoms with E-state index < -0.39 is 17.1 Å². The van der Waals surface area contributed by atoms with Crippen LogP contribution >= 0.6 is 11.8 Å². The second-order valence-corrected chi connectivity index (χ2v) is 8.04. The van der Waals surface area contributed by atoms with Crippen molar-refractivity contribution in [2.24, 2.45) is 0 Å². The van der Waals surface area contributed by atoms with Gasteiger partial charge in [0.1, 0.15) is 5.60 Å². The van der Waals surface area contributed by atoms with Crippen LogP contribution in [0.25, 0.3) is 0 Å². The van der Waals surface area contributed by atoms with Gasteiger partial charge in [-0.05, 0) is 32.9 Å². The minimum atomic E-state index is -0.836. The predicted molar refractivity (Wildman–Crippen MR) is 81.7 cm³/mol. The fraction of sp³-hybridized carbons (Fsp3) is 0.857. The number of hydrogen-bond donors (Lipinski definition) is 2. The summed E-state index contributed by atoms with van der Waals surface area (Å²) in [7, 11) is 0. The first-order valence-corrected chi connectivity index (χ1v) is 8.40. The average Bonchev–Trinajstić information content (AvgIpc) is 2.74. The van der Waals surface area contributed by atoms with E-state index in [0.717, 1.165) is 17.9 Å². The number of hydrogen-bond acceptors (Lipinski definition) is 5. The van der Waals surface area contributed by atoms with Crippen LogP contribution < -0.4 is 5.32 Å². The molecule has 2 aliphatic rings. The summed E-state index contributed by atoms with van der Waals surface area (Å²) in [5.74, 6) is 1.28.